The summed E-state index contributed by atoms with van der Waals surface area (Å²) in [6.45, 7) is 6.33. The monoisotopic (exact) mass is 408 g/mol. The van der Waals surface area contributed by atoms with E-state index in [4.69, 9.17) is 0 Å². The van der Waals surface area contributed by atoms with Gasteiger partial charge in [0, 0.05) is 38.8 Å². The molecule has 1 aromatic carbocycles. The van der Waals surface area contributed by atoms with E-state index in [0.717, 1.165) is 24.2 Å². The number of aryl methyl sites for hydroxylation is 1. The average Bonchev–Trinajstić information content (AvgIpc) is 2.67. The molecule has 2 heterocycles. The van der Waals surface area contributed by atoms with Crippen LogP contribution in [0.25, 0.3) is 0 Å². The number of para-hydroxylation sites is 1. The zero-order valence-electron chi connectivity index (χ0n) is 16.3. The highest BCUT2D eigenvalue weighted by atomic mass is 19.4. The van der Waals surface area contributed by atoms with Gasteiger partial charge >= 0.3 is 12.2 Å². The molecular weight excluding hydrogens is 385 g/mol. The van der Waals surface area contributed by atoms with Gasteiger partial charge in [0.1, 0.15) is 17.5 Å². The van der Waals surface area contributed by atoms with Crippen LogP contribution in [-0.2, 0) is 6.18 Å². The van der Waals surface area contributed by atoms with Crippen molar-refractivity contribution < 1.29 is 18.0 Å². The molecular formula is C19H23F3N6O. The maximum absolute atomic E-state index is 13.1. The number of nitrogens with one attached hydrogen (secondary N) is 2. The summed E-state index contributed by atoms with van der Waals surface area (Å²) in [7, 11) is 0. The maximum atomic E-state index is 13.1. The van der Waals surface area contributed by atoms with Gasteiger partial charge in [-0.05, 0) is 26.0 Å². The van der Waals surface area contributed by atoms with Crippen LogP contribution >= 0.6 is 0 Å². The van der Waals surface area contributed by atoms with E-state index in [9.17, 15) is 18.0 Å². The number of anilines is 3. The molecule has 1 fully saturated rings. The molecule has 29 heavy (non-hydrogen) atoms. The Morgan fingerprint density at radius 3 is 2.48 bits per heavy atom. The molecule has 0 atom stereocenters. The second-order valence-electron chi connectivity index (χ2n) is 6.64. The number of carbonyl (C=O) groups is 1. The third-order valence-electron chi connectivity index (χ3n) is 4.55. The average molecular weight is 408 g/mol. The Labute approximate surface area is 166 Å². The summed E-state index contributed by atoms with van der Waals surface area (Å²) in [5, 5.41) is 5.54. The number of rotatable bonds is 4. The Kier molecular flexibility index (Phi) is 6.09. The molecule has 1 aromatic heterocycles. The van der Waals surface area contributed by atoms with Crippen LogP contribution in [-0.4, -0.2) is 53.6 Å². The number of aromatic nitrogens is 2. The number of nitrogens with zero attached hydrogens (tertiary/aromatic N) is 4. The Bertz CT molecular complexity index is 865. The predicted octanol–water partition coefficient (Wildman–Crippen LogP) is 3.59. The van der Waals surface area contributed by atoms with Gasteiger partial charge in [0.2, 0.25) is 0 Å². The number of piperazine rings is 1. The van der Waals surface area contributed by atoms with Crippen LogP contribution in [0.15, 0.2) is 30.3 Å². The number of amides is 2. The Morgan fingerprint density at radius 1 is 1.14 bits per heavy atom. The number of benzene rings is 1. The van der Waals surface area contributed by atoms with Crippen LogP contribution in [0, 0.1) is 6.92 Å². The molecule has 10 heteroatoms. The van der Waals surface area contributed by atoms with E-state index in [0.29, 0.717) is 32.0 Å². The lowest BCUT2D eigenvalue weighted by Gasteiger charge is -2.35. The van der Waals surface area contributed by atoms with E-state index in [1.165, 1.54) is 23.1 Å². The summed E-state index contributed by atoms with van der Waals surface area (Å²) in [5.74, 6) is 2.14. The topological polar surface area (TPSA) is 73.4 Å². The van der Waals surface area contributed by atoms with E-state index in [-0.39, 0.29) is 5.69 Å². The van der Waals surface area contributed by atoms with Crippen molar-refractivity contribution in [1.29, 1.82) is 0 Å². The first-order chi connectivity index (χ1) is 13.8. The molecule has 7 nitrogen and oxygen atoms in total. The molecule has 0 unspecified atom stereocenters. The first-order valence-electron chi connectivity index (χ1n) is 9.34. The minimum atomic E-state index is -4.53. The second kappa shape index (κ2) is 8.54. The molecule has 0 bridgehead atoms. The van der Waals surface area contributed by atoms with Crippen LogP contribution in [0.2, 0.25) is 0 Å². The van der Waals surface area contributed by atoms with Gasteiger partial charge in [-0.15, -0.1) is 0 Å². The van der Waals surface area contributed by atoms with Crippen molar-refractivity contribution in [3.05, 3.63) is 41.7 Å². The lowest BCUT2D eigenvalue weighted by Crippen LogP contribution is -2.50. The summed E-state index contributed by atoms with van der Waals surface area (Å²) in [6, 6.07) is 6.26. The summed E-state index contributed by atoms with van der Waals surface area (Å²) >= 11 is 0. The number of carbonyl (C=O) groups excluding carboxylic acids is 1. The highest BCUT2D eigenvalue weighted by Gasteiger charge is 2.34. The first kappa shape index (κ1) is 20.7. The van der Waals surface area contributed by atoms with E-state index in [2.05, 4.69) is 20.6 Å². The summed E-state index contributed by atoms with van der Waals surface area (Å²) < 4.78 is 39.3. The largest absolute Gasteiger partial charge is 0.418 e. The van der Waals surface area contributed by atoms with Gasteiger partial charge in [-0.3, -0.25) is 0 Å². The van der Waals surface area contributed by atoms with Gasteiger partial charge in [0.05, 0.1) is 11.3 Å². The van der Waals surface area contributed by atoms with Crippen molar-refractivity contribution in [3.8, 4) is 0 Å². The van der Waals surface area contributed by atoms with Crippen LogP contribution < -0.4 is 15.5 Å². The van der Waals surface area contributed by atoms with Crippen LogP contribution in [0.3, 0.4) is 0 Å². The molecule has 0 saturated carbocycles. The lowest BCUT2D eigenvalue weighted by molar-refractivity contribution is -0.136. The van der Waals surface area contributed by atoms with Crippen molar-refractivity contribution in [3.63, 3.8) is 0 Å². The van der Waals surface area contributed by atoms with Crippen LogP contribution in [0.5, 0.6) is 0 Å². The number of hydrogen-bond acceptors (Lipinski definition) is 5. The molecule has 0 aliphatic carbocycles. The fourth-order valence-electron chi connectivity index (χ4n) is 3.16. The van der Waals surface area contributed by atoms with Crippen LogP contribution in [0.1, 0.15) is 18.3 Å². The van der Waals surface area contributed by atoms with Gasteiger partial charge in [-0.25, -0.2) is 14.8 Å². The molecule has 2 N–H and O–H groups in total. The minimum absolute atomic E-state index is 0.242. The SMILES string of the molecule is CCNc1cc(N2CCN(C(=O)Nc3ccccc3C(F)(F)F)CC2)nc(C)n1. The molecule has 2 aromatic rings. The van der Waals surface area contributed by atoms with Crippen molar-refractivity contribution in [2.24, 2.45) is 0 Å². The Morgan fingerprint density at radius 2 is 1.83 bits per heavy atom. The zero-order chi connectivity index (χ0) is 21.0. The third kappa shape index (κ3) is 5.07. The van der Waals surface area contributed by atoms with E-state index < -0.39 is 17.8 Å². The second-order valence-corrected chi connectivity index (χ2v) is 6.64. The van der Waals surface area contributed by atoms with E-state index in [1.54, 1.807) is 0 Å². The minimum Gasteiger partial charge on any atom is -0.370 e. The standard InChI is InChI=1S/C19H23F3N6O/c1-3-23-16-12-17(25-13(2)24-16)27-8-10-28(11-9-27)18(29)26-15-7-5-4-6-14(15)19(20,21)22/h4-7,12H,3,8-11H2,1-2H3,(H,26,29)(H,23,24,25). The van der Waals surface area contributed by atoms with Gasteiger partial charge in [0.25, 0.3) is 0 Å². The Balaban J connectivity index is 1.64. The Hall–Kier alpha value is -3.04. The summed E-state index contributed by atoms with van der Waals surface area (Å²) in [5.41, 5.74) is -1.10. The molecule has 0 radical (unpaired) electrons. The zero-order valence-corrected chi connectivity index (χ0v) is 16.3. The molecule has 3 rings (SSSR count). The van der Waals surface area contributed by atoms with Gasteiger partial charge < -0.3 is 20.4 Å². The number of halogens is 3. The van der Waals surface area contributed by atoms with Crippen molar-refractivity contribution in [1.82, 2.24) is 14.9 Å². The van der Waals surface area contributed by atoms with Gasteiger partial charge in [-0.1, -0.05) is 12.1 Å². The van der Waals surface area contributed by atoms with Crippen LogP contribution in [0.4, 0.5) is 35.3 Å². The molecule has 1 aliphatic rings. The highest BCUT2D eigenvalue weighted by Crippen LogP contribution is 2.34. The van der Waals surface area contributed by atoms with Crippen molar-refractivity contribution >= 4 is 23.4 Å². The fraction of sp³-hybridized carbons (Fsp3) is 0.421. The van der Waals surface area contributed by atoms with Crippen molar-refractivity contribution in [2.75, 3.05) is 48.3 Å². The molecule has 0 spiro atoms. The van der Waals surface area contributed by atoms with E-state index in [1.807, 2.05) is 24.8 Å². The quantitative estimate of drug-likeness (QED) is 0.809. The summed E-state index contributed by atoms with van der Waals surface area (Å²) in [4.78, 5) is 24.8. The molecule has 1 aliphatic heterocycles. The fourth-order valence-corrected chi connectivity index (χ4v) is 3.16. The smallest absolute Gasteiger partial charge is 0.370 e. The summed E-state index contributed by atoms with van der Waals surface area (Å²) in [6.07, 6.45) is -4.53. The normalized spacial score (nSPS) is 14.7. The third-order valence-corrected chi connectivity index (χ3v) is 4.55. The molecule has 1 saturated heterocycles. The lowest BCUT2D eigenvalue weighted by atomic mass is 10.1. The number of alkyl halides is 3. The molecule has 2 amide bonds. The van der Waals surface area contributed by atoms with Gasteiger partial charge in [-0.2, -0.15) is 13.2 Å². The van der Waals surface area contributed by atoms with Crippen molar-refractivity contribution in [2.45, 2.75) is 20.0 Å². The number of urea groups is 1. The number of hydrogen-bond donors (Lipinski definition) is 2. The maximum Gasteiger partial charge on any atom is 0.418 e. The predicted molar refractivity (Wildman–Crippen MR) is 105 cm³/mol. The molecule has 156 valence electrons. The highest BCUT2D eigenvalue weighted by molar-refractivity contribution is 5.90. The first-order valence-corrected chi connectivity index (χ1v) is 9.34. The van der Waals surface area contributed by atoms with E-state index >= 15 is 0 Å². The van der Waals surface area contributed by atoms with Gasteiger partial charge in [0.15, 0.2) is 0 Å².